The minimum Gasteiger partial charge on any atom is -0.394 e. The van der Waals surface area contributed by atoms with Gasteiger partial charge in [-0.15, -0.1) is 0 Å². The van der Waals surface area contributed by atoms with Crippen LogP contribution in [-0.2, 0) is 9.84 Å². The van der Waals surface area contributed by atoms with Gasteiger partial charge in [0.1, 0.15) is 0 Å². The molecule has 0 bridgehead atoms. The summed E-state index contributed by atoms with van der Waals surface area (Å²) in [5, 5.41) is 20.6. The first-order valence-corrected chi connectivity index (χ1v) is 6.66. The molecule has 3 N–H and O–H groups in total. The minimum atomic E-state index is -3.29. The van der Waals surface area contributed by atoms with Crippen molar-refractivity contribution in [3.05, 3.63) is 24.3 Å². The van der Waals surface area contributed by atoms with Crippen LogP contribution in [0.15, 0.2) is 29.2 Å². The molecular formula is C10H15NO4S. The highest BCUT2D eigenvalue weighted by atomic mass is 32.2. The predicted molar refractivity (Wildman–Crippen MR) is 61.1 cm³/mol. The first-order chi connectivity index (χ1) is 7.45. The summed E-state index contributed by atoms with van der Waals surface area (Å²) in [6, 6.07) is 6.43. The molecule has 1 atom stereocenters. The highest BCUT2D eigenvalue weighted by Gasteiger charge is 2.12. The van der Waals surface area contributed by atoms with Crippen LogP contribution in [-0.4, -0.2) is 44.1 Å². The van der Waals surface area contributed by atoms with E-state index in [1.165, 1.54) is 6.07 Å². The molecule has 0 amide bonds. The van der Waals surface area contributed by atoms with Crippen molar-refractivity contribution < 1.29 is 18.6 Å². The third-order valence-electron chi connectivity index (χ3n) is 2.03. The van der Waals surface area contributed by atoms with Gasteiger partial charge in [0.2, 0.25) is 0 Å². The summed E-state index contributed by atoms with van der Waals surface area (Å²) in [7, 11) is -3.29. The van der Waals surface area contributed by atoms with Crippen LogP contribution in [0.25, 0.3) is 0 Å². The summed E-state index contributed by atoms with van der Waals surface area (Å²) >= 11 is 0. The van der Waals surface area contributed by atoms with Crippen molar-refractivity contribution in [1.29, 1.82) is 0 Å². The molecule has 1 unspecified atom stereocenters. The predicted octanol–water partition coefficient (Wildman–Crippen LogP) is -0.145. The third-order valence-corrected chi connectivity index (χ3v) is 3.18. The lowest BCUT2D eigenvalue weighted by Crippen LogP contribution is -2.23. The maximum absolute atomic E-state index is 11.4. The number of hydrogen-bond acceptors (Lipinski definition) is 5. The quantitative estimate of drug-likeness (QED) is 0.672. The van der Waals surface area contributed by atoms with Crippen molar-refractivity contribution in [2.45, 2.75) is 11.0 Å². The first-order valence-electron chi connectivity index (χ1n) is 4.77. The molecule has 1 aromatic carbocycles. The van der Waals surface area contributed by atoms with Gasteiger partial charge in [-0.25, -0.2) is 8.42 Å². The Morgan fingerprint density at radius 3 is 2.56 bits per heavy atom. The Balaban J connectivity index is 2.88. The van der Waals surface area contributed by atoms with E-state index in [4.69, 9.17) is 10.2 Å². The van der Waals surface area contributed by atoms with E-state index in [2.05, 4.69) is 5.32 Å². The lowest BCUT2D eigenvalue weighted by Gasteiger charge is -2.12. The monoisotopic (exact) mass is 245 g/mol. The van der Waals surface area contributed by atoms with Crippen LogP contribution in [0.2, 0.25) is 0 Å². The number of nitrogens with one attached hydrogen (secondary N) is 1. The van der Waals surface area contributed by atoms with Gasteiger partial charge < -0.3 is 15.5 Å². The van der Waals surface area contributed by atoms with Gasteiger partial charge in [-0.3, -0.25) is 0 Å². The Morgan fingerprint density at radius 1 is 1.38 bits per heavy atom. The molecule has 0 spiro atoms. The van der Waals surface area contributed by atoms with Crippen molar-refractivity contribution >= 4 is 15.5 Å². The second-order valence-corrected chi connectivity index (χ2v) is 5.47. The zero-order valence-electron chi connectivity index (χ0n) is 8.92. The van der Waals surface area contributed by atoms with Gasteiger partial charge >= 0.3 is 0 Å². The summed E-state index contributed by atoms with van der Waals surface area (Å²) < 4.78 is 22.8. The summed E-state index contributed by atoms with van der Waals surface area (Å²) in [5.74, 6) is 0. The van der Waals surface area contributed by atoms with E-state index < -0.39 is 15.9 Å². The number of hydrogen-bond donors (Lipinski definition) is 3. The number of sulfone groups is 1. The van der Waals surface area contributed by atoms with E-state index in [0.29, 0.717) is 5.69 Å². The molecular weight excluding hydrogens is 230 g/mol. The van der Waals surface area contributed by atoms with Crippen LogP contribution >= 0.6 is 0 Å². The number of anilines is 1. The average Bonchev–Trinajstić information content (AvgIpc) is 2.25. The zero-order valence-corrected chi connectivity index (χ0v) is 9.74. The maximum atomic E-state index is 11.4. The lowest BCUT2D eigenvalue weighted by molar-refractivity contribution is 0.105. The zero-order chi connectivity index (χ0) is 12.2. The summed E-state index contributed by atoms with van der Waals surface area (Å²) in [4.78, 5) is 0.181. The summed E-state index contributed by atoms with van der Waals surface area (Å²) in [6.45, 7) is -0.267. The Morgan fingerprint density at radius 2 is 2.00 bits per heavy atom. The lowest BCUT2D eigenvalue weighted by atomic mass is 10.3. The smallest absolute Gasteiger partial charge is 0.177 e. The van der Waals surface area contributed by atoms with Gasteiger partial charge in [0.25, 0.3) is 0 Å². The van der Waals surface area contributed by atoms with Gasteiger partial charge in [0, 0.05) is 12.8 Å². The average molecular weight is 245 g/mol. The molecule has 0 aliphatic carbocycles. The van der Waals surface area contributed by atoms with Crippen molar-refractivity contribution in [2.24, 2.45) is 0 Å². The number of benzene rings is 1. The topological polar surface area (TPSA) is 86.6 Å². The molecule has 0 saturated heterocycles. The van der Waals surface area contributed by atoms with E-state index in [0.717, 1.165) is 6.26 Å². The van der Waals surface area contributed by atoms with E-state index in [-0.39, 0.29) is 18.0 Å². The Hall–Kier alpha value is -1.11. The van der Waals surface area contributed by atoms with Gasteiger partial charge in [0.05, 0.1) is 23.3 Å². The molecule has 0 fully saturated rings. The van der Waals surface area contributed by atoms with Crippen LogP contribution in [0.4, 0.5) is 5.69 Å². The van der Waals surface area contributed by atoms with Crippen molar-refractivity contribution in [2.75, 3.05) is 24.7 Å². The second-order valence-electron chi connectivity index (χ2n) is 3.49. The fourth-order valence-corrected chi connectivity index (χ4v) is 2.09. The van der Waals surface area contributed by atoms with Gasteiger partial charge in [-0.2, -0.15) is 0 Å². The fraction of sp³-hybridized carbons (Fsp3) is 0.400. The maximum Gasteiger partial charge on any atom is 0.177 e. The summed E-state index contributed by atoms with van der Waals surface area (Å²) in [5.41, 5.74) is 0.428. The van der Waals surface area contributed by atoms with Crippen LogP contribution in [0.3, 0.4) is 0 Å². The van der Waals surface area contributed by atoms with Crippen LogP contribution in [0, 0.1) is 0 Å². The number of rotatable bonds is 5. The molecule has 90 valence electrons. The third kappa shape index (κ3) is 3.48. The first kappa shape index (κ1) is 13.0. The van der Waals surface area contributed by atoms with Gasteiger partial charge in [-0.1, -0.05) is 12.1 Å². The highest BCUT2D eigenvalue weighted by Crippen LogP contribution is 2.20. The van der Waals surface area contributed by atoms with Crippen molar-refractivity contribution in [3.8, 4) is 0 Å². The normalized spacial score (nSPS) is 13.4. The van der Waals surface area contributed by atoms with E-state index in [1.54, 1.807) is 18.2 Å². The standard InChI is InChI=1S/C10H15NO4S/c1-16(14,15)10-5-3-2-4-9(10)11-6-8(13)7-12/h2-5,8,11-13H,6-7H2,1H3. The number of para-hydroxylation sites is 1. The van der Waals surface area contributed by atoms with E-state index in [9.17, 15) is 8.42 Å². The SMILES string of the molecule is CS(=O)(=O)c1ccccc1NCC(O)CO. The second kappa shape index (κ2) is 5.29. The largest absolute Gasteiger partial charge is 0.394 e. The van der Waals surface area contributed by atoms with E-state index in [1.807, 2.05) is 0 Å². The molecule has 0 aromatic heterocycles. The molecule has 1 rings (SSSR count). The van der Waals surface area contributed by atoms with Gasteiger partial charge in [0.15, 0.2) is 9.84 Å². The number of aliphatic hydroxyl groups excluding tert-OH is 2. The molecule has 0 aliphatic rings. The molecule has 6 heteroatoms. The molecule has 0 radical (unpaired) electrons. The van der Waals surface area contributed by atoms with Crippen molar-refractivity contribution in [1.82, 2.24) is 0 Å². The van der Waals surface area contributed by atoms with E-state index >= 15 is 0 Å². The van der Waals surface area contributed by atoms with Crippen LogP contribution < -0.4 is 5.32 Å². The molecule has 1 aromatic rings. The molecule has 16 heavy (non-hydrogen) atoms. The Labute approximate surface area is 94.7 Å². The molecule has 0 aliphatic heterocycles. The molecule has 0 saturated carbocycles. The molecule has 0 heterocycles. The van der Waals surface area contributed by atoms with Crippen LogP contribution in [0.5, 0.6) is 0 Å². The Kier molecular flexibility index (Phi) is 4.28. The molecule has 5 nitrogen and oxygen atoms in total. The summed E-state index contributed by atoms with van der Waals surface area (Å²) in [6.07, 6.45) is 0.211. The Bertz CT molecular complexity index is 444. The van der Waals surface area contributed by atoms with Crippen molar-refractivity contribution in [3.63, 3.8) is 0 Å². The van der Waals surface area contributed by atoms with Crippen LogP contribution in [0.1, 0.15) is 0 Å². The fourth-order valence-electron chi connectivity index (χ4n) is 1.23. The highest BCUT2D eigenvalue weighted by molar-refractivity contribution is 7.90. The van der Waals surface area contributed by atoms with Gasteiger partial charge in [-0.05, 0) is 12.1 Å². The minimum absolute atomic E-state index is 0.100. The number of aliphatic hydroxyl groups is 2.